The molecule has 0 saturated carbocycles. The van der Waals surface area contributed by atoms with E-state index in [1.54, 1.807) is 18.2 Å². The maximum Gasteiger partial charge on any atom is 0.251 e. The molecule has 0 radical (unpaired) electrons. The lowest BCUT2D eigenvalue weighted by atomic mass is 10.2. The highest BCUT2D eigenvalue weighted by Crippen LogP contribution is 2.18. The number of fused-ring (bicyclic) bond motifs is 1. The minimum atomic E-state index is -0.450. The van der Waals surface area contributed by atoms with Crippen molar-refractivity contribution in [2.24, 2.45) is 0 Å². The highest BCUT2D eigenvalue weighted by Gasteiger charge is 2.13. The molecule has 1 amide bonds. The zero-order valence-electron chi connectivity index (χ0n) is 16.0. The van der Waals surface area contributed by atoms with Crippen LogP contribution in [0.25, 0.3) is 11.0 Å². The van der Waals surface area contributed by atoms with Crippen LogP contribution >= 0.6 is 11.6 Å². The van der Waals surface area contributed by atoms with Crippen LogP contribution in [0.1, 0.15) is 16.2 Å². The van der Waals surface area contributed by atoms with Crippen LogP contribution in [0.5, 0.6) is 5.75 Å². The van der Waals surface area contributed by atoms with Gasteiger partial charge in [0.15, 0.2) is 0 Å². The number of benzene rings is 3. The Balaban J connectivity index is 1.48. The monoisotopic (exact) mass is 423 g/mol. The number of nitrogens with zero attached hydrogens (tertiary/aromatic N) is 2. The van der Waals surface area contributed by atoms with Crippen LogP contribution in [0.3, 0.4) is 0 Å². The van der Waals surface area contributed by atoms with Crippen molar-refractivity contribution < 1.29 is 13.9 Å². The van der Waals surface area contributed by atoms with E-state index in [2.05, 4.69) is 10.3 Å². The zero-order valence-corrected chi connectivity index (χ0v) is 16.8. The molecular formula is C23H19ClFN3O2. The van der Waals surface area contributed by atoms with E-state index in [9.17, 15) is 9.18 Å². The molecule has 1 aromatic heterocycles. The average molecular weight is 424 g/mol. The number of halogens is 2. The van der Waals surface area contributed by atoms with Gasteiger partial charge in [0.05, 0.1) is 24.1 Å². The van der Waals surface area contributed by atoms with Gasteiger partial charge in [-0.3, -0.25) is 4.79 Å². The van der Waals surface area contributed by atoms with Crippen LogP contribution in [-0.4, -0.2) is 22.1 Å². The molecule has 5 nitrogen and oxygen atoms in total. The number of rotatable bonds is 7. The molecule has 0 aliphatic rings. The minimum absolute atomic E-state index is 0.213. The highest BCUT2D eigenvalue weighted by molar-refractivity contribution is 6.30. The average Bonchev–Trinajstić information content (AvgIpc) is 3.11. The van der Waals surface area contributed by atoms with Crippen molar-refractivity contribution in [2.45, 2.75) is 13.1 Å². The van der Waals surface area contributed by atoms with Crippen molar-refractivity contribution in [2.75, 3.05) is 6.61 Å². The van der Waals surface area contributed by atoms with E-state index >= 15 is 0 Å². The smallest absolute Gasteiger partial charge is 0.251 e. The van der Waals surface area contributed by atoms with Gasteiger partial charge in [0, 0.05) is 10.6 Å². The fourth-order valence-electron chi connectivity index (χ4n) is 3.19. The Morgan fingerprint density at radius 2 is 1.87 bits per heavy atom. The number of ether oxygens (including phenoxy) is 1. The van der Waals surface area contributed by atoms with Gasteiger partial charge in [-0.1, -0.05) is 29.8 Å². The first-order chi connectivity index (χ1) is 14.6. The van der Waals surface area contributed by atoms with Crippen LogP contribution < -0.4 is 10.1 Å². The quantitative estimate of drug-likeness (QED) is 0.463. The number of imidazole rings is 1. The third-order valence-electron chi connectivity index (χ3n) is 4.62. The van der Waals surface area contributed by atoms with Gasteiger partial charge in [0.25, 0.3) is 5.91 Å². The number of aromatic nitrogens is 2. The first-order valence-corrected chi connectivity index (χ1v) is 9.84. The molecule has 1 N–H and O–H groups in total. The molecule has 152 valence electrons. The summed E-state index contributed by atoms with van der Waals surface area (Å²) in [6, 6.07) is 20.5. The van der Waals surface area contributed by atoms with E-state index in [-0.39, 0.29) is 18.0 Å². The van der Waals surface area contributed by atoms with Gasteiger partial charge in [-0.15, -0.1) is 0 Å². The lowest BCUT2D eigenvalue weighted by molar-refractivity contribution is 0.0949. The predicted octanol–water partition coefficient (Wildman–Crippen LogP) is 4.84. The SMILES string of the molecule is O=C(NCc1nc2ccccc2n1CCOc1ccc(Cl)cc1)c1cccc(F)c1. The van der Waals surface area contributed by atoms with Crippen LogP contribution in [0.2, 0.25) is 5.02 Å². The molecule has 3 aromatic carbocycles. The molecular weight excluding hydrogens is 405 g/mol. The number of hydrogen-bond acceptors (Lipinski definition) is 3. The molecule has 4 aromatic rings. The highest BCUT2D eigenvalue weighted by atomic mass is 35.5. The van der Waals surface area contributed by atoms with Gasteiger partial charge >= 0.3 is 0 Å². The maximum atomic E-state index is 13.4. The molecule has 0 atom stereocenters. The zero-order chi connectivity index (χ0) is 20.9. The second-order valence-corrected chi connectivity index (χ2v) is 7.10. The summed E-state index contributed by atoms with van der Waals surface area (Å²) in [6.07, 6.45) is 0. The number of carbonyl (C=O) groups is 1. The van der Waals surface area contributed by atoms with Crippen LogP contribution in [0.15, 0.2) is 72.8 Å². The molecule has 0 bridgehead atoms. The molecule has 1 heterocycles. The van der Waals surface area contributed by atoms with E-state index in [0.717, 1.165) is 16.8 Å². The van der Waals surface area contributed by atoms with Gasteiger partial charge < -0.3 is 14.6 Å². The van der Waals surface area contributed by atoms with Crippen molar-refractivity contribution in [1.29, 1.82) is 0 Å². The summed E-state index contributed by atoms with van der Waals surface area (Å²) < 4.78 is 21.2. The van der Waals surface area contributed by atoms with E-state index in [0.29, 0.717) is 24.0 Å². The number of para-hydroxylation sites is 2. The molecule has 30 heavy (non-hydrogen) atoms. The standard InChI is InChI=1S/C23H19ClFN3O2/c24-17-8-10-19(11-9-17)30-13-12-28-21-7-2-1-6-20(21)27-22(28)15-26-23(29)16-4-3-5-18(25)14-16/h1-11,14H,12-13,15H2,(H,26,29). The number of nitrogens with one attached hydrogen (secondary N) is 1. The van der Waals surface area contributed by atoms with E-state index in [4.69, 9.17) is 16.3 Å². The molecule has 0 unspecified atom stereocenters. The fourth-order valence-corrected chi connectivity index (χ4v) is 3.31. The van der Waals surface area contributed by atoms with Crippen LogP contribution in [-0.2, 0) is 13.1 Å². The van der Waals surface area contributed by atoms with E-state index < -0.39 is 5.82 Å². The summed E-state index contributed by atoms with van der Waals surface area (Å²) in [6.45, 7) is 1.19. The first kappa shape index (κ1) is 19.9. The van der Waals surface area contributed by atoms with E-state index in [1.807, 2.05) is 41.0 Å². The lowest BCUT2D eigenvalue weighted by Crippen LogP contribution is -2.25. The summed E-state index contributed by atoms with van der Waals surface area (Å²) in [4.78, 5) is 17.0. The van der Waals surface area contributed by atoms with Crippen molar-refractivity contribution in [3.05, 3.63) is 95.0 Å². The Morgan fingerprint density at radius 1 is 1.07 bits per heavy atom. The van der Waals surface area contributed by atoms with Gasteiger partial charge in [-0.25, -0.2) is 9.37 Å². The Labute approximate surface area is 178 Å². The summed E-state index contributed by atoms with van der Waals surface area (Å²) in [5.74, 6) is 0.616. The van der Waals surface area contributed by atoms with Gasteiger partial charge in [-0.2, -0.15) is 0 Å². The van der Waals surface area contributed by atoms with Crippen molar-refractivity contribution in [3.8, 4) is 5.75 Å². The number of hydrogen-bond donors (Lipinski definition) is 1. The van der Waals surface area contributed by atoms with Gasteiger partial charge in [0.2, 0.25) is 0 Å². The molecule has 7 heteroatoms. The molecule has 0 aliphatic heterocycles. The topological polar surface area (TPSA) is 56.2 Å². The van der Waals surface area contributed by atoms with Crippen molar-refractivity contribution in [3.63, 3.8) is 0 Å². The summed E-state index contributed by atoms with van der Waals surface area (Å²) >= 11 is 5.90. The third kappa shape index (κ3) is 4.60. The Kier molecular flexibility index (Phi) is 5.95. The second kappa shape index (κ2) is 8.97. The Morgan fingerprint density at radius 3 is 2.67 bits per heavy atom. The summed E-state index contributed by atoms with van der Waals surface area (Å²) in [7, 11) is 0. The lowest BCUT2D eigenvalue weighted by Gasteiger charge is -2.12. The number of amides is 1. The summed E-state index contributed by atoms with van der Waals surface area (Å²) in [5, 5.41) is 3.47. The second-order valence-electron chi connectivity index (χ2n) is 6.66. The Hall–Kier alpha value is -3.38. The normalized spacial score (nSPS) is 10.9. The number of carbonyl (C=O) groups excluding carboxylic acids is 1. The fraction of sp³-hybridized carbons (Fsp3) is 0.130. The largest absolute Gasteiger partial charge is 0.492 e. The predicted molar refractivity (Wildman–Crippen MR) is 114 cm³/mol. The van der Waals surface area contributed by atoms with Crippen LogP contribution in [0, 0.1) is 5.82 Å². The minimum Gasteiger partial charge on any atom is -0.492 e. The molecule has 0 spiro atoms. The third-order valence-corrected chi connectivity index (χ3v) is 4.88. The molecule has 0 fully saturated rings. The Bertz CT molecular complexity index is 1170. The summed E-state index contributed by atoms with van der Waals surface area (Å²) in [5.41, 5.74) is 2.05. The molecule has 0 saturated heterocycles. The van der Waals surface area contributed by atoms with Gasteiger partial charge in [0.1, 0.15) is 24.0 Å². The van der Waals surface area contributed by atoms with Crippen molar-refractivity contribution >= 4 is 28.5 Å². The van der Waals surface area contributed by atoms with Crippen molar-refractivity contribution in [1.82, 2.24) is 14.9 Å². The maximum absolute atomic E-state index is 13.4. The molecule has 0 aliphatic carbocycles. The van der Waals surface area contributed by atoms with Crippen LogP contribution in [0.4, 0.5) is 4.39 Å². The van der Waals surface area contributed by atoms with Gasteiger partial charge in [-0.05, 0) is 54.6 Å². The van der Waals surface area contributed by atoms with E-state index in [1.165, 1.54) is 18.2 Å². The first-order valence-electron chi connectivity index (χ1n) is 9.46. The molecule has 4 rings (SSSR count).